The molecule has 0 radical (unpaired) electrons. The minimum atomic E-state index is -0.339. The first-order valence-electron chi connectivity index (χ1n) is 9.30. The molecular formula is C20H20N6O2. The first-order chi connectivity index (χ1) is 13.7. The molecule has 1 aliphatic carbocycles. The van der Waals surface area contributed by atoms with Crippen LogP contribution in [0.25, 0.3) is 11.4 Å². The number of aromatic nitrogens is 3. The van der Waals surface area contributed by atoms with Crippen LogP contribution in [-0.4, -0.2) is 50.2 Å². The van der Waals surface area contributed by atoms with E-state index in [0.29, 0.717) is 5.82 Å². The number of aromatic amines is 1. The van der Waals surface area contributed by atoms with Crippen molar-refractivity contribution in [2.75, 3.05) is 5.32 Å². The van der Waals surface area contributed by atoms with Gasteiger partial charge in [-0.15, -0.1) is 0 Å². The Kier molecular flexibility index (Phi) is 4.05. The molecule has 28 heavy (non-hydrogen) atoms. The molecule has 8 nitrogen and oxygen atoms in total. The first kappa shape index (κ1) is 16.9. The largest absolute Gasteiger partial charge is 0.358 e. The second-order valence-corrected chi connectivity index (χ2v) is 7.10. The van der Waals surface area contributed by atoms with Crippen molar-refractivity contribution in [3.05, 3.63) is 54.9 Å². The standard InChI is InChI=1S/C20H20N6O2/c1-12-16(20(27)26(25-12)15-8-3-2-4-9-15)17-19(28-17)23-14-7-5-6-13(10-14)18-21-11-22-24-18/h2-8,10-11,15-17,19,23H,9H2,1H3,(H,21,22,24). The molecule has 4 atom stereocenters. The molecule has 5 rings (SSSR count). The van der Waals surface area contributed by atoms with Gasteiger partial charge in [0.05, 0.1) is 11.8 Å². The highest BCUT2D eigenvalue weighted by Crippen LogP contribution is 2.36. The van der Waals surface area contributed by atoms with Gasteiger partial charge in [-0.25, -0.2) is 9.99 Å². The Balaban J connectivity index is 1.26. The number of benzene rings is 1. The van der Waals surface area contributed by atoms with Gasteiger partial charge in [-0.1, -0.05) is 36.4 Å². The van der Waals surface area contributed by atoms with Gasteiger partial charge < -0.3 is 10.1 Å². The highest BCUT2D eigenvalue weighted by atomic mass is 16.6. The van der Waals surface area contributed by atoms with Gasteiger partial charge in [0.25, 0.3) is 5.91 Å². The molecule has 4 unspecified atom stereocenters. The topological polar surface area (TPSA) is 98.8 Å². The zero-order valence-electron chi connectivity index (χ0n) is 15.3. The van der Waals surface area contributed by atoms with Crippen molar-refractivity contribution < 1.29 is 9.53 Å². The monoisotopic (exact) mass is 376 g/mol. The predicted octanol–water partition coefficient (Wildman–Crippen LogP) is 2.33. The van der Waals surface area contributed by atoms with Crippen molar-refractivity contribution in [1.29, 1.82) is 0 Å². The summed E-state index contributed by atoms with van der Waals surface area (Å²) in [7, 11) is 0. The van der Waals surface area contributed by atoms with E-state index in [2.05, 4.69) is 31.7 Å². The normalized spacial score (nSPS) is 28.5. The Morgan fingerprint density at radius 3 is 3.04 bits per heavy atom. The Hall–Kier alpha value is -3.26. The van der Waals surface area contributed by atoms with Crippen LogP contribution < -0.4 is 5.32 Å². The minimum absolute atomic E-state index is 0.00663. The van der Waals surface area contributed by atoms with Gasteiger partial charge in [0.1, 0.15) is 18.3 Å². The van der Waals surface area contributed by atoms with E-state index in [0.717, 1.165) is 23.4 Å². The molecule has 1 amide bonds. The molecule has 8 heteroatoms. The van der Waals surface area contributed by atoms with Gasteiger partial charge in [-0.2, -0.15) is 10.2 Å². The zero-order valence-corrected chi connectivity index (χ0v) is 15.3. The van der Waals surface area contributed by atoms with Gasteiger partial charge in [-0.05, 0) is 25.5 Å². The average Bonchev–Trinajstić information content (AvgIpc) is 3.13. The van der Waals surface area contributed by atoms with Crippen LogP contribution in [0, 0.1) is 5.92 Å². The summed E-state index contributed by atoms with van der Waals surface area (Å²) in [5, 5.41) is 16.2. The first-order valence-corrected chi connectivity index (χ1v) is 9.30. The molecule has 3 aliphatic rings. The molecule has 1 saturated heterocycles. The Morgan fingerprint density at radius 2 is 2.25 bits per heavy atom. The lowest BCUT2D eigenvalue weighted by Gasteiger charge is -2.22. The number of hydrogen-bond acceptors (Lipinski definition) is 6. The number of H-pyrrole nitrogens is 1. The fraction of sp³-hybridized carbons (Fsp3) is 0.300. The maximum absolute atomic E-state index is 12.9. The van der Waals surface area contributed by atoms with E-state index in [4.69, 9.17) is 4.74 Å². The number of nitrogens with zero attached hydrogens (tertiary/aromatic N) is 4. The zero-order chi connectivity index (χ0) is 19.1. The second kappa shape index (κ2) is 6.72. The molecule has 0 bridgehead atoms. The van der Waals surface area contributed by atoms with Crippen molar-refractivity contribution in [3.8, 4) is 11.4 Å². The maximum Gasteiger partial charge on any atom is 0.254 e. The number of carbonyl (C=O) groups is 1. The number of hydrazone groups is 1. The van der Waals surface area contributed by atoms with Crippen LogP contribution in [0.15, 0.2) is 60.0 Å². The van der Waals surface area contributed by atoms with Gasteiger partial charge in [0.15, 0.2) is 12.1 Å². The van der Waals surface area contributed by atoms with Gasteiger partial charge >= 0.3 is 0 Å². The molecule has 0 spiro atoms. The second-order valence-electron chi connectivity index (χ2n) is 7.10. The number of epoxide rings is 1. The van der Waals surface area contributed by atoms with Crippen molar-refractivity contribution in [2.24, 2.45) is 11.0 Å². The summed E-state index contributed by atoms with van der Waals surface area (Å²) in [4.78, 5) is 17.1. The van der Waals surface area contributed by atoms with E-state index >= 15 is 0 Å². The molecule has 142 valence electrons. The van der Waals surface area contributed by atoms with E-state index in [9.17, 15) is 4.79 Å². The minimum Gasteiger partial charge on any atom is -0.358 e. The predicted molar refractivity (Wildman–Crippen MR) is 104 cm³/mol. The van der Waals surface area contributed by atoms with E-state index in [-0.39, 0.29) is 30.2 Å². The van der Waals surface area contributed by atoms with E-state index in [1.165, 1.54) is 6.33 Å². The van der Waals surface area contributed by atoms with Crippen LogP contribution in [0.4, 0.5) is 5.69 Å². The molecule has 1 fully saturated rings. The summed E-state index contributed by atoms with van der Waals surface area (Å²) in [6, 6.07) is 7.82. The van der Waals surface area contributed by atoms with Crippen molar-refractivity contribution >= 4 is 17.3 Å². The van der Waals surface area contributed by atoms with E-state index < -0.39 is 0 Å². The van der Waals surface area contributed by atoms with Crippen molar-refractivity contribution in [2.45, 2.75) is 31.7 Å². The smallest absolute Gasteiger partial charge is 0.254 e. The van der Waals surface area contributed by atoms with Gasteiger partial charge in [0.2, 0.25) is 0 Å². The lowest BCUT2D eigenvalue weighted by atomic mass is 9.99. The quantitative estimate of drug-likeness (QED) is 0.781. The number of rotatable bonds is 5. The summed E-state index contributed by atoms with van der Waals surface area (Å²) in [5.74, 6) is 0.373. The summed E-state index contributed by atoms with van der Waals surface area (Å²) in [6.45, 7) is 1.90. The third kappa shape index (κ3) is 3.01. The molecule has 2 aromatic rings. The Morgan fingerprint density at radius 1 is 1.32 bits per heavy atom. The average molecular weight is 376 g/mol. The molecular weight excluding hydrogens is 356 g/mol. The number of amides is 1. The van der Waals surface area contributed by atoms with Gasteiger partial charge in [0, 0.05) is 11.3 Å². The van der Waals surface area contributed by atoms with E-state index in [1.807, 2.05) is 49.4 Å². The fourth-order valence-electron chi connectivity index (χ4n) is 3.73. The van der Waals surface area contributed by atoms with Gasteiger partial charge in [-0.3, -0.25) is 9.89 Å². The summed E-state index contributed by atoms with van der Waals surface area (Å²) < 4.78 is 5.80. The number of ether oxygens (including phenoxy) is 1. The lowest BCUT2D eigenvalue weighted by molar-refractivity contribution is -0.133. The van der Waals surface area contributed by atoms with Crippen molar-refractivity contribution in [3.63, 3.8) is 0 Å². The molecule has 1 aromatic heterocycles. The van der Waals surface area contributed by atoms with Crippen LogP contribution in [0.1, 0.15) is 13.3 Å². The molecule has 0 saturated carbocycles. The van der Waals surface area contributed by atoms with Crippen LogP contribution in [0.3, 0.4) is 0 Å². The summed E-state index contributed by atoms with van der Waals surface area (Å²) in [5.41, 5.74) is 2.63. The molecule has 2 N–H and O–H groups in total. The number of hydrogen-bond donors (Lipinski definition) is 2. The molecule has 3 heterocycles. The maximum atomic E-state index is 12.9. The van der Waals surface area contributed by atoms with Crippen molar-refractivity contribution in [1.82, 2.24) is 20.2 Å². The summed E-state index contributed by atoms with van der Waals surface area (Å²) in [6.07, 6.45) is 9.84. The number of anilines is 1. The van der Waals surface area contributed by atoms with Crippen LogP contribution in [0.5, 0.6) is 0 Å². The number of carbonyl (C=O) groups excluding carboxylic acids is 1. The summed E-state index contributed by atoms with van der Waals surface area (Å²) >= 11 is 0. The third-order valence-corrected chi connectivity index (χ3v) is 5.19. The highest BCUT2D eigenvalue weighted by molar-refractivity contribution is 6.08. The third-order valence-electron chi connectivity index (χ3n) is 5.19. The van der Waals surface area contributed by atoms with E-state index in [1.54, 1.807) is 5.01 Å². The number of allylic oxidation sites excluding steroid dienone is 2. The molecule has 2 aliphatic heterocycles. The van der Waals surface area contributed by atoms with Crippen LogP contribution in [0.2, 0.25) is 0 Å². The Bertz CT molecular complexity index is 980. The highest BCUT2D eigenvalue weighted by Gasteiger charge is 2.53. The number of nitrogens with one attached hydrogen (secondary N) is 2. The van der Waals surface area contributed by atoms with Crippen LogP contribution >= 0.6 is 0 Å². The fourth-order valence-corrected chi connectivity index (χ4v) is 3.73. The SMILES string of the molecule is CC1=NN(C2C=CC=CC2)C(=O)C1C1OC1Nc1cccc(-c2ncn[nH]2)c1. The van der Waals surface area contributed by atoms with Crippen LogP contribution in [-0.2, 0) is 9.53 Å². The Labute approximate surface area is 162 Å². The molecule has 1 aromatic carbocycles. The lowest BCUT2D eigenvalue weighted by Crippen LogP contribution is -2.37.